The van der Waals surface area contributed by atoms with Gasteiger partial charge >= 0.3 is 6.18 Å². The molecule has 4 aromatic rings. The number of aromatic nitrogens is 1. The number of pyridine rings is 1. The molecule has 1 saturated carbocycles. The van der Waals surface area contributed by atoms with E-state index in [9.17, 15) is 32.4 Å². The summed E-state index contributed by atoms with van der Waals surface area (Å²) >= 11 is 0. The lowest BCUT2D eigenvalue weighted by molar-refractivity contribution is -0.115. The molecule has 5 rings (SSSR count). The molecule has 42 heavy (non-hydrogen) atoms. The van der Waals surface area contributed by atoms with Gasteiger partial charge in [0, 0.05) is 23.7 Å². The molecule has 12 heteroatoms. The van der Waals surface area contributed by atoms with Crippen LogP contribution in [0.3, 0.4) is 0 Å². The Bertz CT molecular complexity index is 1700. The molecule has 216 valence electrons. The fraction of sp³-hybridized carbons (Fsp3) is 0.267. The summed E-state index contributed by atoms with van der Waals surface area (Å²) in [4.78, 5) is 30.4. The van der Waals surface area contributed by atoms with Crippen molar-refractivity contribution in [3.8, 4) is 28.5 Å². The summed E-state index contributed by atoms with van der Waals surface area (Å²) in [7, 11) is 1.41. The standard InChI is InChI=1S/C30H25F4N5O3/c1-36-27(41)23-22-14-21(18-5-4-6-19(13-18)26(40)39-29(15-35)11-2-3-12-29)25(37-16-30(32,33)34)38-28(22)42-24(23)17-7-9-20(31)10-8-17/h4-10,13-14H,2-3,11-12,16H2,1H3,(H,36,41)(H,37,38)(H,39,40). The molecule has 0 bridgehead atoms. The number of alkyl halides is 3. The molecular weight excluding hydrogens is 554 g/mol. The van der Waals surface area contributed by atoms with Gasteiger partial charge in [-0.1, -0.05) is 12.1 Å². The normalized spacial score (nSPS) is 14.4. The van der Waals surface area contributed by atoms with E-state index < -0.39 is 35.9 Å². The lowest BCUT2D eigenvalue weighted by Gasteiger charge is -2.22. The van der Waals surface area contributed by atoms with Crippen molar-refractivity contribution < 1.29 is 31.6 Å². The summed E-state index contributed by atoms with van der Waals surface area (Å²) in [6.07, 6.45) is -1.89. The van der Waals surface area contributed by atoms with Crippen molar-refractivity contribution in [3.63, 3.8) is 0 Å². The summed E-state index contributed by atoms with van der Waals surface area (Å²) in [6.45, 7) is -1.41. The van der Waals surface area contributed by atoms with E-state index >= 15 is 0 Å². The van der Waals surface area contributed by atoms with E-state index in [1.807, 2.05) is 0 Å². The molecular formula is C30H25F4N5O3. The predicted molar refractivity (Wildman–Crippen MR) is 147 cm³/mol. The molecule has 2 aromatic carbocycles. The van der Waals surface area contributed by atoms with Gasteiger partial charge in [0.05, 0.1) is 17.0 Å². The van der Waals surface area contributed by atoms with Crippen LogP contribution in [0.25, 0.3) is 33.6 Å². The van der Waals surface area contributed by atoms with Gasteiger partial charge in [0.2, 0.25) is 5.71 Å². The molecule has 1 aliphatic carbocycles. The molecule has 8 nitrogen and oxygen atoms in total. The van der Waals surface area contributed by atoms with Crippen LogP contribution in [0.1, 0.15) is 46.4 Å². The van der Waals surface area contributed by atoms with Crippen LogP contribution in [0.2, 0.25) is 0 Å². The second-order valence-electron chi connectivity index (χ2n) is 10.0. The molecule has 0 spiro atoms. The number of benzene rings is 2. The van der Waals surface area contributed by atoms with Gasteiger partial charge in [-0.05, 0) is 73.7 Å². The number of amides is 2. The molecule has 2 aromatic heterocycles. The fourth-order valence-electron chi connectivity index (χ4n) is 5.08. The lowest BCUT2D eigenvalue weighted by atomic mass is 9.97. The Morgan fingerprint density at radius 1 is 1.05 bits per heavy atom. The van der Waals surface area contributed by atoms with Gasteiger partial charge < -0.3 is 20.4 Å². The van der Waals surface area contributed by atoms with E-state index in [1.165, 1.54) is 49.5 Å². The predicted octanol–water partition coefficient (Wildman–Crippen LogP) is 6.20. The van der Waals surface area contributed by atoms with E-state index in [2.05, 4.69) is 27.0 Å². The molecule has 0 atom stereocenters. The van der Waals surface area contributed by atoms with Crippen molar-refractivity contribution in [2.24, 2.45) is 0 Å². The molecule has 0 unspecified atom stereocenters. The van der Waals surface area contributed by atoms with Crippen LogP contribution >= 0.6 is 0 Å². The average molecular weight is 580 g/mol. The average Bonchev–Trinajstić information content (AvgIpc) is 3.60. The van der Waals surface area contributed by atoms with Crippen LogP contribution in [0.5, 0.6) is 0 Å². The summed E-state index contributed by atoms with van der Waals surface area (Å²) in [6, 6.07) is 15.0. The SMILES string of the molecule is CNC(=O)c1c(-c2ccc(F)cc2)oc2nc(NCC(F)(F)F)c(-c3cccc(C(=O)NC4(C#N)CCCC4)c3)cc12. The number of anilines is 1. The number of furan rings is 1. The quantitative estimate of drug-likeness (QED) is 0.224. The fourth-order valence-corrected chi connectivity index (χ4v) is 5.08. The smallest absolute Gasteiger partial charge is 0.405 e. The van der Waals surface area contributed by atoms with Gasteiger partial charge in [0.15, 0.2) is 0 Å². The van der Waals surface area contributed by atoms with Crippen LogP contribution < -0.4 is 16.0 Å². The van der Waals surface area contributed by atoms with Crippen LogP contribution in [-0.4, -0.2) is 42.1 Å². The van der Waals surface area contributed by atoms with E-state index in [4.69, 9.17) is 4.42 Å². The van der Waals surface area contributed by atoms with Crippen molar-refractivity contribution in [2.45, 2.75) is 37.4 Å². The molecule has 0 radical (unpaired) electrons. The van der Waals surface area contributed by atoms with E-state index in [0.717, 1.165) is 12.8 Å². The van der Waals surface area contributed by atoms with Crippen LogP contribution in [0.15, 0.2) is 59.0 Å². The minimum Gasteiger partial charge on any atom is -0.437 e. The Balaban J connectivity index is 1.65. The molecule has 2 heterocycles. The van der Waals surface area contributed by atoms with Crippen molar-refractivity contribution in [1.82, 2.24) is 15.6 Å². The Labute approximate surface area is 237 Å². The van der Waals surface area contributed by atoms with Crippen molar-refractivity contribution >= 4 is 28.7 Å². The monoisotopic (exact) mass is 579 g/mol. The molecule has 1 fully saturated rings. The van der Waals surface area contributed by atoms with E-state index in [-0.39, 0.29) is 39.4 Å². The second-order valence-corrected chi connectivity index (χ2v) is 10.0. The Kier molecular flexibility index (Phi) is 7.60. The first kappa shape index (κ1) is 28.6. The molecule has 1 aliphatic rings. The summed E-state index contributed by atoms with van der Waals surface area (Å²) in [5.41, 5.74) is 0.0373. The van der Waals surface area contributed by atoms with E-state index in [1.54, 1.807) is 12.1 Å². The highest BCUT2D eigenvalue weighted by Gasteiger charge is 2.36. The van der Waals surface area contributed by atoms with Crippen LogP contribution in [0.4, 0.5) is 23.4 Å². The number of nitrogens with one attached hydrogen (secondary N) is 3. The zero-order chi connectivity index (χ0) is 30.1. The number of nitrogens with zero attached hydrogens (tertiary/aromatic N) is 2. The number of fused-ring (bicyclic) bond motifs is 1. The van der Waals surface area contributed by atoms with Gasteiger partial charge in [-0.3, -0.25) is 9.59 Å². The number of rotatable bonds is 7. The largest absolute Gasteiger partial charge is 0.437 e. The van der Waals surface area contributed by atoms with Crippen molar-refractivity contribution in [3.05, 3.63) is 71.5 Å². The van der Waals surface area contributed by atoms with Crippen LogP contribution in [-0.2, 0) is 0 Å². The highest BCUT2D eigenvalue weighted by atomic mass is 19.4. The maximum absolute atomic E-state index is 13.6. The third-order valence-electron chi connectivity index (χ3n) is 7.16. The van der Waals surface area contributed by atoms with Gasteiger partial charge in [-0.2, -0.15) is 23.4 Å². The Morgan fingerprint density at radius 2 is 1.76 bits per heavy atom. The molecule has 3 N–H and O–H groups in total. The van der Waals surface area contributed by atoms with Crippen molar-refractivity contribution in [2.75, 3.05) is 18.9 Å². The first-order chi connectivity index (χ1) is 20.0. The number of hydrogen-bond donors (Lipinski definition) is 3. The van der Waals surface area contributed by atoms with Gasteiger partial charge in [0.1, 0.15) is 29.5 Å². The number of carbonyl (C=O) groups is 2. The third-order valence-corrected chi connectivity index (χ3v) is 7.16. The lowest BCUT2D eigenvalue weighted by Crippen LogP contribution is -2.45. The van der Waals surface area contributed by atoms with E-state index in [0.29, 0.717) is 24.0 Å². The Morgan fingerprint density at radius 3 is 2.40 bits per heavy atom. The molecule has 0 saturated heterocycles. The zero-order valence-corrected chi connectivity index (χ0v) is 22.4. The molecule has 0 aliphatic heterocycles. The van der Waals surface area contributed by atoms with Gasteiger partial charge in [-0.15, -0.1) is 0 Å². The first-order valence-corrected chi connectivity index (χ1v) is 13.1. The number of hydrogen-bond acceptors (Lipinski definition) is 6. The van der Waals surface area contributed by atoms with Crippen molar-refractivity contribution in [1.29, 1.82) is 5.26 Å². The second kappa shape index (κ2) is 11.2. The topological polar surface area (TPSA) is 120 Å². The third kappa shape index (κ3) is 5.76. The number of nitriles is 1. The minimum absolute atomic E-state index is 0.0568. The maximum Gasteiger partial charge on any atom is 0.405 e. The summed E-state index contributed by atoms with van der Waals surface area (Å²) in [5.74, 6) is -1.69. The van der Waals surface area contributed by atoms with Gasteiger partial charge in [-0.25, -0.2) is 4.39 Å². The van der Waals surface area contributed by atoms with Gasteiger partial charge in [0.25, 0.3) is 11.8 Å². The highest BCUT2D eigenvalue weighted by Crippen LogP contribution is 2.38. The van der Waals surface area contributed by atoms with Crippen LogP contribution in [0, 0.1) is 17.1 Å². The number of halogens is 4. The zero-order valence-electron chi connectivity index (χ0n) is 22.4. The number of carbonyl (C=O) groups excluding carboxylic acids is 2. The highest BCUT2D eigenvalue weighted by molar-refractivity contribution is 6.11. The first-order valence-electron chi connectivity index (χ1n) is 13.1. The molecule has 2 amide bonds. The summed E-state index contributed by atoms with van der Waals surface area (Å²) in [5, 5.41) is 17.5. The Hall–Kier alpha value is -4.92. The minimum atomic E-state index is -4.57. The maximum atomic E-state index is 13.6. The summed E-state index contributed by atoms with van der Waals surface area (Å²) < 4.78 is 59.1.